The lowest BCUT2D eigenvalue weighted by Gasteiger charge is -2.42. The number of hydrogen-bond donors (Lipinski definition) is 0. The molecule has 2 aromatic rings. The molecule has 2 aliphatic rings. The molecular formula is C26H38N4. The molecule has 0 N–H and O–H groups in total. The maximum Gasteiger partial charge on any atom is 0.225 e. The van der Waals surface area contributed by atoms with Gasteiger partial charge in [0.1, 0.15) is 0 Å². The monoisotopic (exact) mass is 406 g/mol. The van der Waals surface area contributed by atoms with Gasteiger partial charge in [0.2, 0.25) is 5.95 Å². The molecule has 4 heteroatoms. The molecule has 0 spiro atoms. The van der Waals surface area contributed by atoms with Crippen LogP contribution in [0.25, 0.3) is 11.3 Å². The highest BCUT2D eigenvalue weighted by Gasteiger charge is 2.37. The molecule has 1 aliphatic heterocycles. The van der Waals surface area contributed by atoms with Crippen molar-refractivity contribution < 1.29 is 0 Å². The van der Waals surface area contributed by atoms with E-state index in [1.807, 2.05) is 6.20 Å². The van der Waals surface area contributed by atoms with Gasteiger partial charge >= 0.3 is 0 Å². The maximum absolute atomic E-state index is 4.98. The van der Waals surface area contributed by atoms with E-state index in [9.17, 15) is 0 Å². The summed E-state index contributed by atoms with van der Waals surface area (Å²) in [4.78, 5) is 14.5. The third-order valence-corrected chi connectivity index (χ3v) is 7.27. The summed E-state index contributed by atoms with van der Waals surface area (Å²) in [5, 5.41) is 0. The van der Waals surface area contributed by atoms with E-state index in [1.165, 1.54) is 48.9 Å². The quantitative estimate of drug-likeness (QED) is 0.664. The van der Waals surface area contributed by atoms with E-state index in [0.717, 1.165) is 37.8 Å². The Morgan fingerprint density at radius 2 is 1.60 bits per heavy atom. The predicted octanol–water partition coefficient (Wildman–Crippen LogP) is 5.41. The van der Waals surface area contributed by atoms with Crippen molar-refractivity contribution in [2.24, 2.45) is 0 Å². The zero-order valence-electron chi connectivity index (χ0n) is 19.5. The Morgan fingerprint density at radius 1 is 0.900 bits per heavy atom. The Kier molecular flexibility index (Phi) is 5.89. The first-order valence-electron chi connectivity index (χ1n) is 11.8. The van der Waals surface area contributed by atoms with Crippen LogP contribution in [0.5, 0.6) is 0 Å². The fourth-order valence-electron chi connectivity index (χ4n) is 4.96. The molecule has 2 heterocycles. The second kappa shape index (κ2) is 8.30. The molecule has 1 aromatic carbocycles. The van der Waals surface area contributed by atoms with Gasteiger partial charge in [-0.2, -0.15) is 0 Å². The maximum atomic E-state index is 4.98. The lowest BCUT2D eigenvalue weighted by molar-refractivity contribution is 0.253. The first-order valence-corrected chi connectivity index (χ1v) is 11.8. The van der Waals surface area contributed by atoms with Crippen molar-refractivity contribution in [2.75, 3.05) is 37.6 Å². The van der Waals surface area contributed by atoms with Gasteiger partial charge in [-0.05, 0) is 59.9 Å². The van der Waals surface area contributed by atoms with E-state index in [-0.39, 0.29) is 10.8 Å². The van der Waals surface area contributed by atoms with Gasteiger partial charge in [-0.1, -0.05) is 53.2 Å². The number of anilines is 1. The molecule has 4 rings (SSSR count). The summed E-state index contributed by atoms with van der Waals surface area (Å²) < 4.78 is 0. The largest absolute Gasteiger partial charge is 0.338 e. The third-order valence-electron chi connectivity index (χ3n) is 7.27. The lowest BCUT2D eigenvalue weighted by atomic mass is 9.63. The van der Waals surface area contributed by atoms with E-state index in [0.29, 0.717) is 0 Å². The number of rotatable bonds is 5. The second-order valence-corrected chi connectivity index (χ2v) is 10.5. The van der Waals surface area contributed by atoms with Crippen molar-refractivity contribution in [1.82, 2.24) is 14.9 Å². The van der Waals surface area contributed by atoms with Crippen molar-refractivity contribution in [3.63, 3.8) is 0 Å². The minimum absolute atomic E-state index is 0.214. The number of benzene rings is 1. The summed E-state index contributed by atoms with van der Waals surface area (Å²) in [5.74, 6) is 0.875. The van der Waals surface area contributed by atoms with Crippen LogP contribution in [-0.4, -0.2) is 47.6 Å². The minimum Gasteiger partial charge on any atom is -0.338 e. The van der Waals surface area contributed by atoms with Gasteiger partial charge in [-0.3, -0.25) is 4.90 Å². The molecule has 0 bridgehead atoms. The number of fused-ring (bicyclic) bond motifs is 1. The van der Waals surface area contributed by atoms with Gasteiger partial charge in [-0.15, -0.1) is 0 Å². The summed E-state index contributed by atoms with van der Waals surface area (Å²) in [7, 11) is 0. The molecule has 1 aliphatic carbocycles. The minimum atomic E-state index is 0.214. The molecule has 30 heavy (non-hydrogen) atoms. The molecule has 0 radical (unpaired) electrons. The number of piperazine rings is 1. The van der Waals surface area contributed by atoms with E-state index in [1.54, 1.807) is 0 Å². The van der Waals surface area contributed by atoms with Crippen molar-refractivity contribution in [2.45, 2.75) is 71.1 Å². The molecule has 1 fully saturated rings. The van der Waals surface area contributed by atoms with Gasteiger partial charge < -0.3 is 4.90 Å². The zero-order chi connectivity index (χ0) is 21.4. The van der Waals surface area contributed by atoms with Crippen LogP contribution in [0.1, 0.15) is 71.4 Å². The topological polar surface area (TPSA) is 32.3 Å². The van der Waals surface area contributed by atoms with E-state index in [2.05, 4.69) is 73.7 Å². The van der Waals surface area contributed by atoms with Crippen LogP contribution in [0.4, 0.5) is 5.95 Å². The fourth-order valence-corrected chi connectivity index (χ4v) is 4.96. The number of aromatic nitrogens is 2. The Hall–Kier alpha value is -1.94. The zero-order valence-corrected chi connectivity index (χ0v) is 19.5. The molecule has 0 amide bonds. The normalized spacial score (nSPS) is 20.8. The van der Waals surface area contributed by atoms with Gasteiger partial charge in [0.15, 0.2) is 0 Å². The molecule has 0 atom stereocenters. The van der Waals surface area contributed by atoms with Crippen LogP contribution < -0.4 is 4.90 Å². The first kappa shape index (κ1) is 21.3. The Balaban J connectivity index is 1.57. The van der Waals surface area contributed by atoms with Crippen molar-refractivity contribution in [1.29, 1.82) is 0 Å². The Morgan fingerprint density at radius 3 is 2.30 bits per heavy atom. The molecule has 1 saturated heterocycles. The van der Waals surface area contributed by atoms with Crippen molar-refractivity contribution in [3.8, 4) is 11.3 Å². The van der Waals surface area contributed by atoms with E-state index >= 15 is 0 Å². The second-order valence-electron chi connectivity index (χ2n) is 10.5. The summed E-state index contributed by atoms with van der Waals surface area (Å²) in [6.07, 6.45) is 6.95. The summed E-state index contributed by atoms with van der Waals surface area (Å²) in [5.41, 5.74) is 5.70. The summed E-state index contributed by atoms with van der Waals surface area (Å²) in [6.45, 7) is 17.2. The highest BCUT2D eigenvalue weighted by Crippen LogP contribution is 2.46. The van der Waals surface area contributed by atoms with Gasteiger partial charge in [0.25, 0.3) is 0 Å². The molecule has 0 saturated carbocycles. The van der Waals surface area contributed by atoms with Gasteiger partial charge in [0.05, 0.1) is 5.69 Å². The first-order chi connectivity index (χ1) is 14.3. The van der Waals surface area contributed by atoms with Gasteiger partial charge in [-0.25, -0.2) is 9.97 Å². The lowest BCUT2D eigenvalue weighted by Crippen LogP contribution is -2.47. The third kappa shape index (κ3) is 4.25. The molecule has 162 valence electrons. The molecule has 1 aromatic heterocycles. The highest BCUT2D eigenvalue weighted by atomic mass is 15.3. The molecule has 4 nitrogen and oxygen atoms in total. The summed E-state index contributed by atoms with van der Waals surface area (Å²) in [6, 6.07) is 9.06. The average molecular weight is 407 g/mol. The molecular weight excluding hydrogens is 368 g/mol. The van der Waals surface area contributed by atoms with Crippen LogP contribution in [0.2, 0.25) is 0 Å². The van der Waals surface area contributed by atoms with Crippen LogP contribution in [-0.2, 0) is 10.8 Å². The fraction of sp³-hybridized carbons (Fsp3) is 0.615. The smallest absolute Gasteiger partial charge is 0.225 e. The Bertz CT molecular complexity index is 878. The van der Waals surface area contributed by atoms with Crippen LogP contribution in [0, 0.1) is 0 Å². The van der Waals surface area contributed by atoms with Crippen molar-refractivity contribution >= 4 is 5.95 Å². The van der Waals surface area contributed by atoms with E-state index in [4.69, 9.17) is 4.98 Å². The number of unbranched alkanes of at least 4 members (excludes halogenated alkanes) is 1. The number of nitrogens with zero attached hydrogens (tertiary/aromatic N) is 4. The SMILES string of the molecule is CCCCN1CCN(c2nccc(-c3ccc4c(c3)C(C)(C)CCC4(C)C)n2)CC1. The predicted molar refractivity (Wildman–Crippen MR) is 126 cm³/mol. The Labute approximate surface area is 182 Å². The average Bonchev–Trinajstić information content (AvgIpc) is 2.76. The van der Waals surface area contributed by atoms with Crippen LogP contribution >= 0.6 is 0 Å². The standard InChI is InChI=1S/C26H38N4/c1-6-7-14-29-15-17-30(18-16-29)24-27-13-10-23(28-24)20-8-9-21-22(19-20)26(4,5)12-11-25(21,2)3/h8-10,13,19H,6-7,11-12,14-18H2,1-5H3. The van der Waals surface area contributed by atoms with Crippen LogP contribution in [0.15, 0.2) is 30.5 Å². The van der Waals surface area contributed by atoms with Crippen molar-refractivity contribution in [3.05, 3.63) is 41.6 Å². The molecule has 0 unspecified atom stereocenters. The van der Waals surface area contributed by atoms with Crippen LogP contribution in [0.3, 0.4) is 0 Å². The highest BCUT2D eigenvalue weighted by molar-refractivity contribution is 5.64. The number of hydrogen-bond acceptors (Lipinski definition) is 4. The summed E-state index contributed by atoms with van der Waals surface area (Å²) >= 11 is 0. The van der Waals surface area contributed by atoms with Gasteiger partial charge in [0, 0.05) is 37.9 Å². The van der Waals surface area contributed by atoms with E-state index < -0.39 is 0 Å².